The van der Waals surface area contributed by atoms with E-state index >= 15 is 0 Å². The Kier molecular flexibility index (Phi) is 6.13. The normalized spacial score (nSPS) is 13.6. The molecular formula is C22H23N5O2S. The number of nitrogens with one attached hydrogen (secondary N) is 1. The van der Waals surface area contributed by atoms with E-state index in [2.05, 4.69) is 15.5 Å². The summed E-state index contributed by atoms with van der Waals surface area (Å²) < 4.78 is 2.01. The third-order valence-electron chi connectivity index (χ3n) is 4.93. The van der Waals surface area contributed by atoms with Crippen LogP contribution in [0.5, 0.6) is 0 Å². The number of thioether (sulfide) groups is 1. The molecule has 0 radical (unpaired) electrons. The van der Waals surface area contributed by atoms with Gasteiger partial charge in [-0.3, -0.25) is 9.59 Å². The lowest BCUT2D eigenvalue weighted by Gasteiger charge is -2.16. The van der Waals surface area contributed by atoms with Gasteiger partial charge in [-0.05, 0) is 37.6 Å². The highest BCUT2D eigenvalue weighted by atomic mass is 32.2. The van der Waals surface area contributed by atoms with Crippen molar-refractivity contribution in [2.45, 2.75) is 31.5 Å². The summed E-state index contributed by atoms with van der Waals surface area (Å²) in [6.45, 7) is 3.51. The number of carbonyl (C=O) groups excluding carboxylic acids is 2. The molecule has 8 heteroatoms. The zero-order valence-corrected chi connectivity index (χ0v) is 17.6. The minimum Gasteiger partial charge on any atom is -0.325 e. The van der Waals surface area contributed by atoms with Crippen molar-refractivity contribution in [3.63, 3.8) is 0 Å². The van der Waals surface area contributed by atoms with Gasteiger partial charge in [0.25, 0.3) is 0 Å². The maximum atomic E-state index is 12.4. The van der Waals surface area contributed by atoms with Crippen LogP contribution in [0, 0.1) is 0 Å². The Hall–Kier alpha value is -3.13. The van der Waals surface area contributed by atoms with Crippen LogP contribution in [0.2, 0.25) is 0 Å². The molecule has 0 spiro atoms. The van der Waals surface area contributed by atoms with Crippen LogP contribution in [0.3, 0.4) is 0 Å². The molecule has 0 unspecified atom stereocenters. The number of anilines is 2. The summed E-state index contributed by atoms with van der Waals surface area (Å²) in [5.41, 5.74) is 2.58. The highest BCUT2D eigenvalue weighted by Gasteiger charge is 2.21. The molecule has 0 atom stereocenters. The van der Waals surface area contributed by atoms with E-state index in [1.807, 2.05) is 66.1 Å². The van der Waals surface area contributed by atoms with E-state index in [-0.39, 0.29) is 17.6 Å². The van der Waals surface area contributed by atoms with Crippen molar-refractivity contribution < 1.29 is 9.59 Å². The Morgan fingerprint density at radius 3 is 2.53 bits per heavy atom. The maximum absolute atomic E-state index is 12.4. The summed E-state index contributed by atoms with van der Waals surface area (Å²) >= 11 is 1.36. The van der Waals surface area contributed by atoms with Crippen LogP contribution in [0.15, 0.2) is 59.8 Å². The van der Waals surface area contributed by atoms with Gasteiger partial charge in [-0.2, -0.15) is 0 Å². The van der Waals surface area contributed by atoms with Crippen LogP contribution in [-0.2, 0) is 16.1 Å². The Bertz CT molecular complexity index is 1030. The van der Waals surface area contributed by atoms with Gasteiger partial charge in [0.15, 0.2) is 11.0 Å². The summed E-state index contributed by atoms with van der Waals surface area (Å²) in [5, 5.41) is 12.2. The van der Waals surface area contributed by atoms with Crippen molar-refractivity contribution in [2.75, 3.05) is 22.5 Å². The fraction of sp³-hybridized carbons (Fsp3) is 0.273. The predicted molar refractivity (Wildman–Crippen MR) is 119 cm³/mol. The lowest BCUT2D eigenvalue weighted by Crippen LogP contribution is -2.23. The summed E-state index contributed by atoms with van der Waals surface area (Å²) in [5.74, 6) is 1.07. The lowest BCUT2D eigenvalue weighted by atomic mass is 10.2. The Morgan fingerprint density at radius 1 is 1.10 bits per heavy atom. The number of aromatic nitrogens is 3. The monoisotopic (exact) mass is 421 g/mol. The van der Waals surface area contributed by atoms with Gasteiger partial charge >= 0.3 is 0 Å². The molecule has 0 aliphatic carbocycles. The first kappa shape index (κ1) is 20.2. The molecule has 7 nitrogen and oxygen atoms in total. The van der Waals surface area contributed by atoms with E-state index in [1.165, 1.54) is 11.8 Å². The topological polar surface area (TPSA) is 80.1 Å². The quantitative estimate of drug-likeness (QED) is 0.587. The third kappa shape index (κ3) is 4.38. The molecule has 3 aromatic rings. The maximum Gasteiger partial charge on any atom is 0.234 e. The standard InChI is InChI=1S/C22H23N5O2S/c1-2-26-21(16-7-4-3-5-8-16)24-25-22(26)30-15-19(28)23-17-10-12-18(13-11-17)27-14-6-9-20(27)29/h3-5,7-8,10-13H,2,6,9,14-15H2,1H3,(H,23,28). The minimum absolute atomic E-state index is 0.114. The number of amides is 2. The zero-order chi connectivity index (χ0) is 20.9. The Balaban J connectivity index is 1.36. The van der Waals surface area contributed by atoms with Gasteiger partial charge in [0.05, 0.1) is 5.75 Å². The lowest BCUT2D eigenvalue weighted by molar-refractivity contribution is -0.117. The molecule has 154 valence electrons. The molecule has 0 saturated carbocycles. The van der Waals surface area contributed by atoms with Crippen LogP contribution in [0.25, 0.3) is 11.4 Å². The van der Waals surface area contributed by atoms with Crippen molar-refractivity contribution in [2.24, 2.45) is 0 Å². The summed E-state index contributed by atoms with van der Waals surface area (Å²) in [4.78, 5) is 26.0. The summed E-state index contributed by atoms with van der Waals surface area (Å²) in [7, 11) is 0. The number of rotatable bonds is 7. The van der Waals surface area contributed by atoms with Crippen molar-refractivity contribution in [3.05, 3.63) is 54.6 Å². The average molecular weight is 422 g/mol. The minimum atomic E-state index is -0.114. The largest absolute Gasteiger partial charge is 0.325 e. The van der Waals surface area contributed by atoms with Gasteiger partial charge in [0, 0.05) is 36.4 Å². The molecule has 1 aliphatic heterocycles. The molecule has 4 rings (SSSR count). The van der Waals surface area contributed by atoms with E-state index in [0.29, 0.717) is 12.1 Å². The fourth-order valence-electron chi connectivity index (χ4n) is 3.45. The molecule has 0 bridgehead atoms. The number of hydrogen-bond acceptors (Lipinski definition) is 5. The molecule has 1 saturated heterocycles. The average Bonchev–Trinajstić information content (AvgIpc) is 3.39. The van der Waals surface area contributed by atoms with Gasteiger partial charge in [0.1, 0.15) is 0 Å². The second kappa shape index (κ2) is 9.13. The van der Waals surface area contributed by atoms with Crippen molar-refractivity contribution in [1.29, 1.82) is 0 Å². The SMILES string of the molecule is CCn1c(SCC(=O)Nc2ccc(N3CCCC3=O)cc2)nnc1-c1ccccc1. The predicted octanol–water partition coefficient (Wildman–Crippen LogP) is 3.82. The molecule has 1 fully saturated rings. The first-order valence-electron chi connectivity index (χ1n) is 9.97. The van der Waals surface area contributed by atoms with Crippen molar-refractivity contribution >= 4 is 35.0 Å². The second-order valence-electron chi connectivity index (χ2n) is 6.95. The highest BCUT2D eigenvalue weighted by molar-refractivity contribution is 7.99. The summed E-state index contributed by atoms with van der Waals surface area (Å²) in [6, 6.07) is 17.3. The van der Waals surface area contributed by atoms with E-state index in [0.717, 1.165) is 41.7 Å². The summed E-state index contributed by atoms with van der Waals surface area (Å²) in [6.07, 6.45) is 1.49. The smallest absolute Gasteiger partial charge is 0.234 e. The Labute approximate surface area is 179 Å². The van der Waals surface area contributed by atoms with Gasteiger partial charge in [-0.15, -0.1) is 10.2 Å². The number of hydrogen-bond donors (Lipinski definition) is 1. The van der Waals surface area contributed by atoms with Crippen molar-refractivity contribution in [3.8, 4) is 11.4 Å². The van der Waals surface area contributed by atoms with Gasteiger partial charge < -0.3 is 14.8 Å². The third-order valence-corrected chi connectivity index (χ3v) is 5.90. The first-order valence-corrected chi connectivity index (χ1v) is 11.0. The number of carbonyl (C=O) groups is 2. The van der Waals surface area contributed by atoms with Gasteiger partial charge in [-0.25, -0.2) is 0 Å². The van der Waals surface area contributed by atoms with E-state index < -0.39 is 0 Å². The number of benzene rings is 2. The molecule has 2 aromatic carbocycles. The molecule has 1 N–H and O–H groups in total. The highest BCUT2D eigenvalue weighted by Crippen LogP contribution is 2.25. The van der Waals surface area contributed by atoms with E-state index in [4.69, 9.17) is 0 Å². The fourth-order valence-corrected chi connectivity index (χ4v) is 4.26. The van der Waals surface area contributed by atoms with E-state index in [9.17, 15) is 9.59 Å². The van der Waals surface area contributed by atoms with Gasteiger partial charge in [0.2, 0.25) is 11.8 Å². The van der Waals surface area contributed by atoms with Crippen LogP contribution in [-0.4, -0.2) is 38.9 Å². The first-order chi connectivity index (χ1) is 14.7. The van der Waals surface area contributed by atoms with Crippen LogP contribution < -0.4 is 10.2 Å². The number of nitrogens with zero attached hydrogens (tertiary/aromatic N) is 4. The van der Waals surface area contributed by atoms with Crippen LogP contribution in [0.4, 0.5) is 11.4 Å². The van der Waals surface area contributed by atoms with Gasteiger partial charge in [-0.1, -0.05) is 42.1 Å². The van der Waals surface area contributed by atoms with E-state index in [1.54, 1.807) is 4.90 Å². The molecule has 1 aromatic heterocycles. The van der Waals surface area contributed by atoms with Crippen LogP contribution >= 0.6 is 11.8 Å². The molecule has 1 aliphatic rings. The molecule has 2 amide bonds. The zero-order valence-electron chi connectivity index (χ0n) is 16.7. The van der Waals surface area contributed by atoms with Crippen LogP contribution in [0.1, 0.15) is 19.8 Å². The Morgan fingerprint density at radius 2 is 1.87 bits per heavy atom. The molecular weight excluding hydrogens is 398 g/mol. The molecule has 2 heterocycles. The van der Waals surface area contributed by atoms with Crippen molar-refractivity contribution in [1.82, 2.24) is 14.8 Å². The molecule has 30 heavy (non-hydrogen) atoms. The second-order valence-corrected chi connectivity index (χ2v) is 7.89.